The fraction of sp³-hybridized carbons (Fsp3) is 0. The Kier molecular flexibility index (Phi) is 2.81. The van der Waals surface area contributed by atoms with Crippen molar-refractivity contribution in [1.29, 1.82) is 0 Å². The van der Waals surface area contributed by atoms with Crippen molar-refractivity contribution in [3.05, 3.63) is 34.9 Å². The summed E-state index contributed by atoms with van der Waals surface area (Å²) in [7, 11) is 0. The number of amides is 1. The summed E-state index contributed by atoms with van der Waals surface area (Å²) in [5.74, 6) is 0. The lowest BCUT2D eigenvalue weighted by atomic mass is 10.2. The Morgan fingerprint density at radius 1 is 1.27 bits per heavy atom. The van der Waals surface area contributed by atoms with E-state index in [4.69, 9.17) is 11.6 Å². The molecule has 0 bridgehead atoms. The van der Waals surface area contributed by atoms with Gasteiger partial charge in [0.1, 0.15) is 0 Å². The van der Waals surface area contributed by atoms with Crippen molar-refractivity contribution in [2.75, 3.05) is 0 Å². The van der Waals surface area contributed by atoms with Crippen LogP contribution < -0.4 is 0 Å². The topological polar surface area (TPSA) is 29.4 Å². The zero-order valence-corrected chi connectivity index (χ0v) is 6.45. The van der Waals surface area contributed by atoms with Gasteiger partial charge in [0, 0.05) is 11.2 Å². The summed E-state index contributed by atoms with van der Waals surface area (Å²) in [6, 6.07) is 7.06. The van der Waals surface area contributed by atoms with Crippen molar-refractivity contribution < 1.29 is 4.79 Å². The number of carbonyl (C=O) groups excluding carboxylic acids is 1. The van der Waals surface area contributed by atoms with Crippen LogP contribution in [0.25, 0.3) is 0 Å². The molecule has 1 rings (SSSR count). The van der Waals surface area contributed by atoms with Gasteiger partial charge < -0.3 is 0 Å². The molecule has 11 heavy (non-hydrogen) atoms. The molecule has 0 aromatic heterocycles. The second-order valence-corrected chi connectivity index (χ2v) is 2.37. The fourth-order valence-electron chi connectivity index (χ4n) is 0.665. The minimum Gasteiger partial charge on any atom is -0.276 e. The Balaban J connectivity index is 2.81. The number of benzene rings is 1. The minimum atomic E-state index is 0.495. The molecular weight excluding hydrogens is 162 g/mol. The normalized spacial score (nSPS) is 10.3. The van der Waals surface area contributed by atoms with E-state index in [0.29, 0.717) is 11.4 Å². The van der Waals surface area contributed by atoms with Gasteiger partial charge in [0.25, 0.3) is 0 Å². The van der Waals surface area contributed by atoms with Crippen LogP contribution in [0.3, 0.4) is 0 Å². The van der Waals surface area contributed by atoms with Crippen LogP contribution in [-0.4, -0.2) is 12.6 Å². The summed E-state index contributed by atoms with van der Waals surface area (Å²) < 4.78 is 0. The van der Waals surface area contributed by atoms with Crippen molar-refractivity contribution >= 4 is 24.2 Å². The van der Waals surface area contributed by atoms with Gasteiger partial charge in [0.15, 0.2) is 0 Å². The lowest BCUT2D eigenvalue weighted by molar-refractivity contribution is -0.106. The van der Waals surface area contributed by atoms with E-state index in [1.807, 2.05) is 0 Å². The van der Waals surface area contributed by atoms with Crippen LogP contribution in [0.1, 0.15) is 5.56 Å². The van der Waals surface area contributed by atoms with Gasteiger partial charge in [-0.1, -0.05) is 23.7 Å². The van der Waals surface area contributed by atoms with E-state index in [9.17, 15) is 4.79 Å². The Morgan fingerprint density at radius 2 is 1.91 bits per heavy atom. The second kappa shape index (κ2) is 3.88. The fourth-order valence-corrected chi connectivity index (χ4v) is 0.791. The monoisotopic (exact) mass is 167 g/mol. The highest BCUT2D eigenvalue weighted by molar-refractivity contribution is 6.30. The quantitative estimate of drug-likeness (QED) is 0.489. The Bertz CT molecular complexity index is 266. The van der Waals surface area contributed by atoms with Crippen LogP contribution in [0.15, 0.2) is 29.3 Å². The number of nitrogens with zero attached hydrogens (tertiary/aromatic N) is 1. The zero-order chi connectivity index (χ0) is 8.10. The summed E-state index contributed by atoms with van der Waals surface area (Å²) in [4.78, 5) is 13.2. The smallest absolute Gasteiger partial charge is 0.232 e. The Labute approximate surface area is 69.5 Å². The SMILES string of the molecule is O=CN=Cc1ccc(Cl)cc1. The van der Waals surface area contributed by atoms with Crippen molar-refractivity contribution in [3.63, 3.8) is 0 Å². The molecule has 0 saturated heterocycles. The van der Waals surface area contributed by atoms with Crippen molar-refractivity contribution in [2.45, 2.75) is 0 Å². The molecule has 0 heterocycles. The molecule has 56 valence electrons. The van der Waals surface area contributed by atoms with Crippen LogP contribution in [0.5, 0.6) is 0 Å². The van der Waals surface area contributed by atoms with Gasteiger partial charge >= 0.3 is 0 Å². The highest BCUT2D eigenvalue weighted by Gasteiger charge is 1.86. The summed E-state index contributed by atoms with van der Waals surface area (Å²) in [5, 5.41) is 0.674. The molecule has 0 aliphatic heterocycles. The largest absolute Gasteiger partial charge is 0.276 e. The number of carbonyl (C=O) groups is 1. The number of halogens is 1. The third kappa shape index (κ3) is 2.51. The summed E-state index contributed by atoms with van der Waals surface area (Å²) in [6.07, 6.45) is 1.97. The van der Waals surface area contributed by atoms with Gasteiger partial charge in [-0.3, -0.25) is 4.79 Å². The molecule has 1 amide bonds. The second-order valence-electron chi connectivity index (χ2n) is 1.94. The van der Waals surface area contributed by atoms with Crippen LogP contribution in [-0.2, 0) is 4.79 Å². The molecule has 0 radical (unpaired) electrons. The van der Waals surface area contributed by atoms with Gasteiger partial charge in [-0.15, -0.1) is 0 Å². The first-order chi connectivity index (χ1) is 5.33. The first kappa shape index (κ1) is 7.95. The standard InChI is InChI=1S/C8H6ClNO/c9-8-3-1-7(2-4-8)5-10-6-11/h1-6H. The molecule has 1 aromatic rings. The van der Waals surface area contributed by atoms with Gasteiger partial charge in [0.2, 0.25) is 6.41 Å². The van der Waals surface area contributed by atoms with Crippen molar-refractivity contribution in [1.82, 2.24) is 0 Å². The molecule has 2 nitrogen and oxygen atoms in total. The predicted molar refractivity (Wildman–Crippen MR) is 45.1 cm³/mol. The molecule has 0 spiro atoms. The number of hydrogen-bond acceptors (Lipinski definition) is 1. The van der Waals surface area contributed by atoms with E-state index in [1.165, 1.54) is 6.21 Å². The van der Waals surface area contributed by atoms with Crippen LogP contribution in [0, 0.1) is 0 Å². The maximum absolute atomic E-state index is 9.82. The molecule has 3 heteroatoms. The van der Waals surface area contributed by atoms with Crippen LogP contribution >= 0.6 is 11.6 Å². The highest BCUT2D eigenvalue weighted by atomic mass is 35.5. The van der Waals surface area contributed by atoms with Gasteiger partial charge in [-0.25, -0.2) is 4.99 Å². The molecule has 0 unspecified atom stereocenters. The van der Waals surface area contributed by atoms with E-state index in [2.05, 4.69) is 4.99 Å². The van der Waals surface area contributed by atoms with Gasteiger partial charge in [-0.2, -0.15) is 0 Å². The number of rotatable bonds is 2. The van der Waals surface area contributed by atoms with Crippen molar-refractivity contribution in [2.24, 2.45) is 4.99 Å². The molecule has 0 aliphatic rings. The average molecular weight is 168 g/mol. The maximum Gasteiger partial charge on any atom is 0.232 e. The van der Waals surface area contributed by atoms with E-state index in [-0.39, 0.29) is 0 Å². The maximum atomic E-state index is 9.82. The third-order valence-electron chi connectivity index (χ3n) is 1.15. The van der Waals surface area contributed by atoms with E-state index >= 15 is 0 Å². The van der Waals surface area contributed by atoms with E-state index < -0.39 is 0 Å². The molecular formula is C8H6ClNO. The molecule has 0 saturated carbocycles. The lowest BCUT2D eigenvalue weighted by Crippen LogP contribution is -1.79. The number of aliphatic imine (C=N–C) groups is 1. The van der Waals surface area contributed by atoms with E-state index in [0.717, 1.165) is 5.56 Å². The molecule has 0 atom stereocenters. The highest BCUT2D eigenvalue weighted by Crippen LogP contribution is 2.07. The van der Waals surface area contributed by atoms with Gasteiger partial charge in [-0.05, 0) is 17.7 Å². The van der Waals surface area contributed by atoms with Crippen molar-refractivity contribution in [3.8, 4) is 0 Å². The third-order valence-corrected chi connectivity index (χ3v) is 1.41. The van der Waals surface area contributed by atoms with Gasteiger partial charge in [0.05, 0.1) is 0 Å². The van der Waals surface area contributed by atoms with E-state index in [1.54, 1.807) is 24.3 Å². The zero-order valence-electron chi connectivity index (χ0n) is 5.70. The average Bonchev–Trinajstić information content (AvgIpc) is 2.04. The number of hydrogen-bond donors (Lipinski definition) is 0. The molecule has 0 fully saturated rings. The Hall–Kier alpha value is -1.15. The first-order valence-corrected chi connectivity index (χ1v) is 3.43. The molecule has 0 aliphatic carbocycles. The summed E-state index contributed by atoms with van der Waals surface area (Å²) >= 11 is 5.63. The first-order valence-electron chi connectivity index (χ1n) is 3.05. The lowest BCUT2D eigenvalue weighted by Gasteiger charge is -1.89. The molecule has 1 aromatic carbocycles. The van der Waals surface area contributed by atoms with Crippen LogP contribution in [0.2, 0.25) is 5.02 Å². The predicted octanol–water partition coefficient (Wildman–Crippen LogP) is 1.92. The molecule has 0 N–H and O–H groups in total. The summed E-state index contributed by atoms with van der Waals surface area (Å²) in [5.41, 5.74) is 0.863. The van der Waals surface area contributed by atoms with Crippen LogP contribution in [0.4, 0.5) is 0 Å². The summed E-state index contributed by atoms with van der Waals surface area (Å²) in [6.45, 7) is 0. The Morgan fingerprint density at radius 3 is 2.45 bits per heavy atom. The minimum absolute atomic E-state index is 0.495.